The molecule has 0 spiro atoms. The van der Waals surface area contributed by atoms with E-state index in [1.54, 1.807) is 14.2 Å². The lowest BCUT2D eigenvalue weighted by Gasteiger charge is -2.33. The summed E-state index contributed by atoms with van der Waals surface area (Å²) in [6.07, 6.45) is 2.82. The molecule has 0 saturated carbocycles. The van der Waals surface area contributed by atoms with Gasteiger partial charge in [0.05, 0.1) is 26.1 Å². The van der Waals surface area contributed by atoms with Gasteiger partial charge in [-0.1, -0.05) is 6.07 Å². The summed E-state index contributed by atoms with van der Waals surface area (Å²) in [6, 6.07) is 9.57. The largest absolute Gasteiger partial charge is 0.493 e. The van der Waals surface area contributed by atoms with Crippen molar-refractivity contribution in [2.45, 2.75) is 12.8 Å². The lowest BCUT2D eigenvalue weighted by Crippen LogP contribution is -2.44. The van der Waals surface area contributed by atoms with Gasteiger partial charge >= 0.3 is 0 Å². The smallest absolute Gasteiger partial charge is 0.225 e. The van der Waals surface area contributed by atoms with Gasteiger partial charge in [-0.05, 0) is 43.3 Å². The number of benzene rings is 1. The van der Waals surface area contributed by atoms with Gasteiger partial charge in [-0.2, -0.15) is 0 Å². The van der Waals surface area contributed by atoms with E-state index in [0.29, 0.717) is 30.2 Å². The molecule has 2 heterocycles. The Hall–Kier alpha value is -2.80. The van der Waals surface area contributed by atoms with Crippen molar-refractivity contribution in [2.24, 2.45) is 0 Å². The molecule has 2 aromatic rings. The summed E-state index contributed by atoms with van der Waals surface area (Å²) >= 11 is 0. The summed E-state index contributed by atoms with van der Waals surface area (Å²) in [5.74, 6) is 1.87. The number of amides is 1. The second kappa shape index (κ2) is 9.41. The fourth-order valence-corrected chi connectivity index (χ4v) is 3.21. The Labute approximate surface area is 166 Å². The topological polar surface area (TPSA) is 66.9 Å². The normalized spacial score (nSPS) is 14.6. The van der Waals surface area contributed by atoms with Crippen molar-refractivity contribution >= 4 is 17.4 Å². The average molecular weight is 384 g/mol. The number of rotatable bonds is 7. The minimum absolute atomic E-state index is 0.0605. The van der Waals surface area contributed by atoms with Crippen LogP contribution in [0.5, 0.6) is 11.5 Å². The number of nitrogens with zero attached hydrogens (tertiary/aromatic N) is 3. The summed E-state index contributed by atoms with van der Waals surface area (Å²) < 4.78 is 10.5. The molecule has 1 aromatic heterocycles. The van der Waals surface area contributed by atoms with Gasteiger partial charge < -0.3 is 24.6 Å². The van der Waals surface area contributed by atoms with Crippen LogP contribution in [0.4, 0.5) is 11.5 Å². The third-order valence-electron chi connectivity index (χ3n) is 4.97. The molecule has 0 bridgehead atoms. The zero-order valence-corrected chi connectivity index (χ0v) is 16.8. The molecule has 150 valence electrons. The fraction of sp³-hybridized carbons (Fsp3) is 0.429. The molecule has 0 unspecified atom stereocenters. The molecule has 1 saturated heterocycles. The van der Waals surface area contributed by atoms with Gasteiger partial charge in [0, 0.05) is 32.6 Å². The standard InChI is InChI=1S/C21H28N4O3/c1-24-10-12-25(13-11-24)17-6-8-20(22-15-17)23-21(26)9-5-16-4-7-18(27-2)19(14-16)28-3/h4,6-8,14-15H,5,9-13H2,1-3H3,(H,22,23,26). The van der Waals surface area contributed by atoms with Gasteiger partial charge in [-0.15, -0.1) is 0 Å². The number of piperazine rings is 1. The van der Waals surface area contributed by atoms with E-state index in [-0.39, 0.29) is 5.91 Å². The molecule has 7 nitrogen and oxygen atoms in total. The number of nitrogens with one attached hydrogen (secondary N) is 1. The van der Waals surface area contributed by atoms with Crippen molar-refractivity contribution in [1.29, 1.82) is 0 Å². The Kier molecular flexibility index (Phi) is 6.71. The maximum Gasteiger partial charge on any atom is 0.225 e. The van der Waals surface area contributed by atoms with Crippen molar-refractivity contribution in [1.82, 2.24) is 9.88 Å². The third kappa shape index (κ3) is 5.13. The van der Waals surface area contributed by atoms with Crippen LogP contribution in [0.1, 0.15) is 12.0 Å². The SMILES string of the molecule is COc1ccc(CCC(=O)Nc2ccc(N3CCN(C)CC3)cn2)cc1OC. The van der Waals surface area contributed by atoms with E-state index in [9.17, 15) is 4.79 Å². The quantitative estimate of drug-likeness (QED) is 0.791. The van der Waals surface area contributed by atoms with Crippen LogP contribution in [0.2, 0.25) is 0 Å². The summed E-state index contributed by atoms with van der Waals surface area (Å²) in [4.78, 5) is 21.3. The minimum Gasteiger partial charge on any atom is -0.493 e. The second-order valence-corrected chi connectivity index (χ2v) is 6.93. The summed E-state index contributed by atoms with van der Waals surface area (Å²) in [5, 5.41) is 2.87. The Morgan fingerprint density at radius 2 is 1.82 bits per heavy atom. The third-order valence-corrected chi connectivity index (χ3v) is 4.97. The highest BCUT2D eigenvalue weighted by atomic mass is 16.5. The van der Waals surface area contributed by atoms with E-state index in [2.05, 4.69) is 27.1 Å². The van der Waals surface area contributed by atoms with Crippen LogP contribution in [0.25, 0.3) is 0 Å². The number of anilines is 2. The van der Waals surface area contributed by atoms with Gasteiger partial charge in [0.15, 0.2) is 11.5 Å². The zero-order valence-electron chi connectivity index (χ0n) is 16.8. The highest BCUT2D eigenvalue weighted by molar-refractivity contribution is 5.90. The van der Waals surface area contributed by atoms with Crippen molar-refractivity contribution in [3.63, 3.8) is 0 Å². The molecule has 7 heteroatoms. The first kappa shape index (κ1) is 19.9. The zero-order chi connectivity index (χ0) is 19.9. The number of ether oxygens (including phenoxy) is 2. The molecule has 1 aliphatic rings. The number of methoxy groups -OCH3 is 2. The van der Waals surface area contributed by atoms with E-state index in [4.69, 9.17) is 9.47 Å². The maximum absolute atomic E-state index is 12.3. The number of hydrogen-bond acceptors (Lipinski definition) is 6. The average Bonchev–Trinajstić information content (AvgIpc) is 2.73. The highest BCUT2D eigenvalue weighted by Crippen LogP contribution is 2.28. The maximum atomic E-state index is 12.3. The number of aryl methyl sites for hydroxylation is 1. The number of hydrogen-bond donors (Lipinski definition) is 1. The first-order valence-electron chi connectivity index (χ1n) is 9.49. The molecule has 0 atom stereocenters. The highest BCUT2D eigenvalue weighted by Gasteiger charge is 2.14. The molecule has 3 rings (SSSR count). The monoisotopic (exact) mass is 384 g/mol. The Morgan fingerprint density at radius 1 is 1.07 bits per heavy atom. The van der Waals surface area contributed by atoms with Crippen LogP contribution < -0.4 is 19.7 Å². The lowest BCUT2D eigenvalue weighted by molar-refractivity contribution is -0.116. The van der Waals surface area contributed by atoms with Crippen LogP contribution in [-0.4, -0.2) is 63.2 Å². The van der Waals surface area contributed by atoms with E-state index >= 15 is 0 Å². The van der Waals surface area contributed by atoms with Crippen LogP contribution in [0, 0.1) is 0 Å². The molecule has 1 aromatic carbocycles. The minimum atomic E-state index is -0.0605. The van der Waals surface area contributed by atoms with Crippen LogP contribution >= 0.6 is 0 Å². The Morgan fingerprint density at radius 3 is 2.46 bits per heavy atom. The van der Waals surface area contributed by atoms with Crippen LogP contribution in [0.15, 0.2) is 36.5 Å². The number of pyridine rings is 1. The number of carbonyl (C=O) groups is 1. The van der Waals surface area contributed by atoms with E-state index in [0.717, 1.165) is 37.4 Å². The number of likely N-dealkylation sites (N-methyl/N-ethyl adjacent to an activating group) is 1. The molecule has 1 N–H and O–H groups in total. The van der Waals surface area contributed by atoms with Crippen molar-refractivity contribution in [3.05, 3.63) is 42.1 Å². The number of aromatic nitrogens is 1. The predicted octanol–water partition coefficient (Wildman–Crippen LogP) is 2.42. The van der Waals surface area contributed by atoms with Gasteiger partial charge in [-0.25, -0.2) is 4.98 Å². The predicted molar refractivity (Wildman–Crippen MR) is 110 cm³/mol. The van der Waals surface area contributed by atoms with E-state index < -0.39 is 0 Å². The summed E-state index contributed by atoms with van der Waals surface area (Å²) in [7, 11) is 5.34. The second-order valence-electron chi connectivity index (χ2n) is 6.93. The van der Waals surface area contributed by atoms with Crippen LogP contribution in [-0.2, 0) is 11.2 Å². The van der Waals surface area contributed by atoms with Gasteiger partial charge in [0.1, 0.15) is 5.82 Å². The van der Waals surface area contributed by atoms with Gasteiger partial charge in [0.25, 0.3) is 0 Å². The van der Waals surface area contributed by atoms with Crippen LogP contribution in [0.3, 0.4) is 0 Å². The summed E-state index contributed by atoms with van der Waals surface area (Å²) in [6.45, 7) is 4.09. The molecule has 1 fully saturated rings. The Bertz CT molecular complexity index is 787. The fourth-order valence-electron chi connectivity index (χ4n) is 3.21. The number of carbonyl (C=O) groups excluding carboxylic acids is 1. The van der Waals surface area contributed by atoms with Gasteiger partial charge in [-0.3, -0.25) is 4.79 Å². The van der Waals surface area contributed by atoms with E-state index in [1.165, 1.54) is 0 Å². The molecule has 0 aliphatic carbocycles. The Balaban J connectivity index is 1.51. The molecule has 1 amide bonds. The van der Waals surface area contributed by atoms with Crippen molar-refractivity contribution in [3.8, 4) is 11.5 Å². The first-order chi connectivity index (χ1) is 13.6. The lowest BCUT2D eigenvalue weighted by atomic mass is 10.1. The van der Waals surface area contributed by atoms with Crippen molar-refractivity contribution < 1.29 is 14.3 Å². The molecule has 1 aliphatic heterocycles. The first-order valence-corrected chi connectivity index (χ1v) is 9.49. The molecule has 0 radical (unpaired) electrons. The molecular weight excluding hydrogens is 356 g/mol. The molecule has 28 heavy (non-hydrogen) atoms. The van der Waals surface area contributed by atoms with Crippen molar-refractivity contribution in [2.75, 3.05) is 57.7 Å². The van der Waals surface area contributed by atoms with E-state index in [1.807, 2.05) is 36.5 Å². The summed E-state index contributed by atoms with van der Waals surface area (Å²) in [5.41, 5.74) is 2.11. The van der Waals surface area contributed by atoms with Gasteiger partial charge in [0.2, 0.25) is 5.91 Å². The molecular formula is C21H28N4O3.